The van der Waals surface area contributed by atoms with E-state index >= 15 is 0 Å². The van der Waals surface area contributed by atoms with E-state index in [2.05, 4.69) is 25.8 Å². The number of amidine groups is 1. The highest BCUT2D eigenvalue weighted by Gasteiger charge is 2.14. The van der Waals surface area contributed by atoms with E-state index in [0.29, 0.717) is 12.4 Å². The number of hydrogen-bond donors (Lipinski definition) is 1. The van der Waals surface area contributed by atoms with Gasteiger partial charge in [0.2, 0.25) is 0 Å². The van der Waals surface area contributed by atoms with Crippen LogP contribution in [0.2, 0.25) is 0 Å². The fraction of sp³-hybridized carbons (Fsp3) is 0.545. The van der Waals surface area contributed by atoms with E-state index in [0.717, 1.165) is 12.2 Å². The van der Waals surface area contributed by atoms with Crippen molar-refractivity contribution in [2.45, 2.75) is 27.2 Å². The maximum Gasteiger partial charge on any atom is 0.105 e. The highest BCUT2D eigenvalue weighted by molar-refractivity contribution is 5.85. The maximum atomic E-state index is 5.81. The summed E-state index contributed by atoms with van der Waals surface area (Å²) in [6, 6.07) is 3.83. The van der Waals surface area contributed by atoms with Gasteiger partial charge in [-0.1, -0.05) is 20.8 Å². The zero-order valence-corrected chi connectivity index (χ0v) is 9.08. The van der Waals surface area contributed by atoms with Crippen LogP contribution in [-0.2, 0) is 6.42 Å². The lowest BCUT2D eigenvalue weighted by atomic mass is 9.95. The minimum absolute atomic E-state index is 0.0385. The summed E-state index contributed by atoms with van der Waals surface area (Å²) in [4.78, 5) is 4.30. The van der Waals surface area contributed by atoms with Gasteiger partial charge in [-0.05, 0) is 12.1 Å². The quantitative estimate of drug-likeness (QED) is 0.592. The largest absolute Gasteiger partial charge is 0.469 e. The van der Waals surface area contributed by atoms with Crippen LogP contribution in [0.5, 0.6) is 0 Å². The van der Waals surface area contributed by atoms with Crippen LogP contribution in [0.3, 0.4) is 0 Å². The smallest absolute Gasteiger partial charge is 0.105 e. The Bertz CT molecular complexity index is 294. The highest BCUT2D eigenvalue weighted by atomic mass is 16.3. The summed E-state index contributed by atoms with van der Waals surface area (Å²) < 4.78 is 5.19. The summed E-state index contributed by atoms with van der Waals surface area (Å²) in [5.41, 5.74) is 5.77. The van der Waals surface area contributed by atoms with E-state index in [-0.39, 0.29) is 5.41 Å². The van der Waals surface area contributed by atoms with Crippen molar-refractivity contribution in [1.82, 2.24) is 0 Å². The molecule has 0 aromatic carbocycles. The zero-order chi connectivity index (χ0) is 10.6. The van der Waals surface area contributed by atoms with Gasteiger partial charge in [0.25, 0.3) is 0 Å². The third-order valence-corrected chi connectivity index (χ3v) is 1.99. The van der Waals surface area contributed by atoms with Crippen LogP contribution < -0.4 is 5.73 Å². The second-order valence-corrected chi connectivity index (χ2v) is 4.35. The van der Waals surface area contributed by atoms with Crippen LogP contribution in [0.4, 0.5) is 0 Å². The molecule has 0 bridgehead atoms. The molecule has 3 heteroatoms. The second kappa shape index (κ2) is 4.31. The van der Waals surface area contributed by atoms with Gasteiger partial charge in [0, 0.05) is 18.4 Å². The van der Waals surface area contributed by atoms with E-state index in [4.69, 9.17) is 10.2 Å². The summed E-state index contributed by atoms with van der Waals surface area (Å²) in [5.74, 6) is 1.65. The molecule has 2 N–H and O–H groups in total. The molecule has 0 saturated carbocycles. The predicted molar refractivity (Wildman–Crippen MR) is 58.4 cm³/mol. The van der Waals surface area contributed by atoms with Crippen molar-refractivity contribution in [3.05, 3.63) is 24.2 Å². The van der Waals surface area contributed by atoms with Crippen molar-refractivity contribution in [2.75, 3.05) is 6.54 Å². The normalized spacial score (nSPS) is 13.2. The Hall–Kier alpha value is -1.25. The van der Waals surface area contributed by atoms with Gasteiger partial charge in [-0.25, -0.2) is 0 Å². The third kappa shape index (κ3) is 3.24. The molecule has 0 amide bonds. The van der Waals surface area contributed by atoms with Crippen LogP contribution in [0.1, 0.15) is 26.5 Å². The van der Waals surface area contributed by atoms with E-state index in [1.54, 1.807) is 6.26 Å². The van der Waals surface area contributed by atoms with Crippen molar-refractivity contribution >= 4 is 5.84 Å². The van der Waals surface area contributed by atoms with E-state index in [1.807, 2.05) is 12.1 Å². The first-order chi connectivity index (χ1) is 6.50. The lowest BCUT2D eigenvalue weighted by Crippen LogP contribution is -2.29. The first-order valence-electron chi connectivity index (χ1n) is 4.83. The number of aliphatic imine (C=N–C) groups is 1. The monoisotopic (exact) mass is 194 g/mol. The molecule has 0 aliphatic rings. The van der Waals surface area contributed by atoms with Crippen molar-refractivity contribution in [3.8, 4) is 0 Å². The van der Waals surface area contributed by atoms with E-state index < -0.39 is 0 Å². The minimum Gasteiger partial charge on any atom is -0.469 e. The number of rotatable bonds is 3. The lowest BCUT2D eigenvalue weighted by Gasteiger charge is -2.17. The molecule has 0 aliphatic carbocycles. The average Bonchev–Trinajstić information content (AvgIpc) is 2.55. The van der Waals surface area contributed by atoms with Crippen LogP contribution >= 0.6 is 0 Å². The molecule has 1 aromatic heterocycles. The Balaban J connectivity index is 2.41. The molecule has 0 saturated heterocycles. The van der Waals surface area contributed by atoms with Crippen molar-refractivity contribution in [1.29, 1.82) is 0 Å². The molecule has 78 valence electrons. The van der Waals surface area contributed by atoms with Crippen molar-refractivity contribution < 1.29 is 4.42 Å². The van der Waals surface area contributed by atoms with E-state index in [9.17, 15) is 0 Å². The van der Waals surface area contributed by atoms with Crippen LogP contribution in [0, 0.1) is 5.41 Å². The third-order valence-electron chi connectivity index (χ3n) is 1.99. The Kier molecular flexibility index (Phi) is 3.33. The number of nitrogens with two attached hydrogens (primary N) is 1. The van der Waals surface area contributed by atoms with Crippen LogP contribution in [-0.4, -0.2) is 12.4 Å². The van der Waals surface area contributed by atoms with Gasteiger partial charge in [-0.2, -0.15) is 0 Å². The van der Waals surface area contributed by atoms with Gasteiger partial charge in [-0.15, -0.1) is 0 Å². The first kappa shape index (κ1) is 10.8. The SMILES string of the molecule is CC(C)(C)C(N)=NCCc1ccco1. The molecule has 1 aromatic rings. The summed E-state index contributed by atoms with van der Waals surface area (Å²) in [6.45, 7) is 6.85. The predicted octanol–water partition coefficient (Wildman–Crippen LogP) is 2.23. The molecular weight excluding hydrogens is 176 g/mol. The van der Waals surface area contributed by atoms with Gasteiger partial charge in [0.15, 0.2) is 0 Å². The molecule has 1 rings (SSSR count). The average molecular weight is 194 g/mol. The number of hydrogen-bond acceptors (Lipinski definition) is 2. The number of nitrogens with zero attached hydrogens (tertiary/aromatic N) is 1. The highest BCUT2D eigenvalue weighted by Crippen LogP contribution is 2.12. The molecule has 1 heterocycles. The van der Waals surface area contributed by atoms with Crippen LogP contribution in [0.15, 0.2) is 27.8 Å². The van der Waals surface area contributed by atoms with Gasteiger partial charge < -0.3 is 10.2 Å². The van der Waals surface area contributed by atoms with E-state index in [1.165, 1.54) is 0 Å². The fourth-order valence-electron chi connectivity index (χ4n) is 0.979. The molecule has 0 fully saturated rings. The second-order valence-electron chi connectivity index (χ2n) is 4.35. The van der Waals surface area contributed by atoms with Crippen molar-refractivity contribution in [3.63, 3.8) is 0 Å². The summed E-state index contributed by atoms with van der Waals surface area (Å²) in [5, 5.41) is 0. The molecule has 0 aliphatic heterocycles. The Morgan fingerprint density at radius 3 is 2.71 bits per heavy atom. The molecule has 0 atom stereocenters. The van der Waals surface area contributed by atoms with Gasteiger partial charge in [-0.3, -0.25) is 4.99 Å². The number of furan rings is 1. The molecule has 0 spiro atoms. The summed E-state index contributed by atoms with van der Waals surface area (Å²) >= 11 is 0. The minimum atomic E-state index is -0.0385. The first-order valence-corrected chi connectivity index (χ1v) is 4.83. The Morgan fingerprint density at radius 1 is 1.50 bits per heavy atom. The zero-order valence-electron chi connectivity index (χ0n) is 9.08. The fourth-order valence-corrected chi connectivity index (χ4v) is 0.979. The molecule has 14 heavy (non-hydrogen) atoms. The molecule has 0 radical (unpaired) electrons. The van der Waals surface area contributed by atoms with Gasteiger partial charge in [0.05, 0.1) is 12.1 Å². The standard InChI is InChI=1S/C11H18N2O/c1-11(2,3)10(12)13-7-6-9-5-4-8-14-9/h4-5,8H,6-7H2,1-3H3,(H2,12,13). The molecule has 3 nitrogen and oxygen atoms in total. The van der Waals surface area contributed by atoms with Crippen molar-refractivity contribution in [2.24, 2.45) is 16.1 Å². The lowest BCUT2D eigenvalue weighted by molar-refractivity contribution is 0.509. The van der Waals surface area contributed by atoms with Crippen LogP contribution in [0.25, 0.3) is 0 Å². The van der Waals surface area contributed by atoms with Gasteiger partial charge in [0.1, 0.15) is 5.76 Å². The summed E-state index contributed by atoms with van der Waals surface area (Å²) in [6.07, 6.45) is 2.48. The maximum absolute atomic E-state index is 5.81. The summed E-state index contributed by atoms with van der Waals surface area (Å²) in [7, 11) is 0. The molecule has 0 unspecified atom stereocenters. The molecular formula is C11H18N2O. The Morgan fingerprint density at radius 2 is 2.21 bits per heavy atom. The topological polar surface area (TPSA) is 51.5 Å². The van der Waals surface area contributed by atoms with Gasteiger partial charge >= 0.3 is 0 Å². The Labute approximate surface area is 85.0 Å².